The summed E-state index contributed by atoms with van der Waals surface area (Å²) in [5.74, 6) is 0.872. The third-order valence-corrected chi connectivity index (χ3v) is 5.06. The van der Waals surface area contributed by atoms with Gasteiger partial charge in [-0.3, -0.25) is 4.79 Å². The highest BCUT2D eigenvalue weighted by atomic mass is 32.1. The highest BCUT2D eigenvalue weighted by Crippen LogP contribution is 2.23. The number of thiazole rings is 1. The number of para-hydroxylation sites is 1. The molecule has 3 aromatic rings. The van der Waals surface area contributed by atoms with Crippen LogP contribution in [0, 0.1) is 0 Å². The molecule has 0 atom stereocenters. The van der Waals surface area contributed by atoms with E-state index in [1.807, 2.05) is 30.3 Å². The number of hydrogen-bond acceptors (Lipinski definition) is 3. The van der Waals surface area contributed by atoms with Gasteiger partial charge in [0.15, 0.2) is 11.4 Å². The predicted molar refractivity (Wildman–Crippen MR) is 102 cm³/mol. The van der Waals surface area contributed by atoms with Crippen LogP contribution in [0.2, 0.25) is 0 Å². The van der Waals surface area contributed by atoms with Gasteiger partial charge in [0.1, 0.15) is 5.75 Å². The van der Waals surface area contributed by atoms with E-state index in [1.165, 1.54) is 5.56 Å². The van der Waals surface area contributed by atoms with Crippen LogP contribution in [0.5, 0.6) is 5.75 Å². The van der Waals surface area contributed by atoms with Crippen LogP contribution in [0.1, 0.15) is 32.3 Å². The molecule has 2 aromatic carbocycles. The number of hydrogen-bond donors (Lipinski definition) is 0. The zero-order valence-corrected chi connectivity index (χ0v) is 15.5. The molecular weight excluding hydrogens is 332 g/mol. The van der Waals surface area contributed by atoms with Crippen LogP contribution >= 0.6 is 11.3 Å². The van der Waals surface area contributed by atoms with Crippen molar-refractivity contribution in [2.75, 3.05) is 6.61 Å². The summed E-state index contributed by atoms with van der Waals surface area (Å²) in [6.07, 6.45) is 0. The second-order valence-corrected chi connectivity index (χ2v) is 7.13. The van der Waals surface area contributed by atoms with E-state index in [0.717, 1.165) is 21.6 Å². The van der Waals surface area contributed by atoms with E-state index < -0.39 is 0 Å². The summed E-state index contributed by atoms with van der Waals surface area (Å²) in [6, 6.07) is 15.8. The van der Waals surface area contributed by atoms with Crippen molar-refractivity contribution in [3.63, 3.8) is 0 Å². The number of amides is 1. The van der Waals surface area contributed by atoms with Gasteiger partial charge in [0.05, 0.1) is 10.2 Å². The summed E-state index contributed by atoms with van der Waals surface area (Å²) in [7, 11) is 0. The minimum Gasteiger partial charge on any atom is -0.484 e. The van der Waals surface area contributed by atoms with Gasteiger partial charge in [-0.15, -0.1) is 0 Å². The molecule has 0 fully saturated rings. The second-order valence-electron chi connectivity index (χ2n) is 6.12. The maximum absolute atomic E-state index is 12.2. The van der Waals surface area contributed by atoms with Gasteiger partial charge in [0.2, 0.25) is 0 Å². The van der Waals surface area contributed by atoms with Gasteiger partial charge < -0.3 is 9.30 Å². The highest BCUT2D eigenvalue weighted by Gasteiger charge is 2.09. The van der Waals surface area contributed by atoms with E-state index >= 15 is 0 Å². The normalized spacial score (nSPS) is 12.1. The van der Waals surface area contributed by atoms with Crippen molar-refractivity contribution in [1.82, 2.24) is 4.57 Å². The third kappa shape index (κ3) is 3.99. The van der Waals surface area contributed by atoms with Crippen LogP contribution in [0.25, 0.3) is 10.2 Å². The largest absolute Gasteiger partial charge is 0.484 e. The molecule has 5 heteroatoms. The zero-order valence-electron chi connectivity index (χ0n) is 14.7. The van der Waals surface area contributed by atoms with E-state index in [0.29, 0.717) is 11.7 Å². The monoisotopic (exact) mass is 354 g/mol. The predicted octanol–water partition coefficient (Wildman–Crippen LogP) is 4.35. The van der Waals surface area contributed by atoms with Crippen LogP contribution in [0.3, 0.4) is 0 Å². The molecule has 25 heavy (non-hydrogen) atoms. The molecule has 0 bridgehead atoms. The highest BCUT2D eigenvalue weighted by molar-refractivity contribution is 7.16. The number of fused-ring (bicyclic) bond motifs is 1. The summed E-state index contributed by atoms with van der Waals surface area (Å²) >= 11 is 1.55. The van der Waals surface area contributed by atoms with Crippen LogP contribution < -0.4 is 9.54 Å². The van der Waals surface area contributed by atoms with Crippen molar-refractivity contribution in [2.45, 2.75) is 33.2 Å². The Kier molecular flexibility index (Phi) is 5.34. The Labute approximate surface area is 151 Å². The average Bonchev–Trinajstić information content (AvgIpc) is 2.96. The molecule has 0 unspecified atom stereocenters. The number of carbonyl (C=O) groups excluding carboxylic acids is 1. The molecule has 0 saturated heterocycles. The van der Waals surface area contributed by atoms with Crippen molar-refractivity contribution in [3.05, 3.63) is 58.9 Å². The van der Waals surface area contributed by atoms with Gasteiger partial charge >= 0.3 is 0 Å². The number of carbonyl (C=O) groups is 1. The molecule has 0 aliphatic heterocycles. The van der Waals surface area contributed by atoms with E-state index in [1.54, 1.807) is 11.3 Å². The quantitative estimate of drug-likeness (QED) is 0.683. The van der Waals surface area contributed by atoms with E-state index in [2.05, 4.69) is 48.5 Å². The molecule has 1 heterocycles. The molecule has 4 nitrogen and oxygen atoms in total. The topological polar surface area (TPSA) is 43.6 Å². The SMILES string of the molecule is CCn1c(=NC(=O)COc2ccccc2)sc2cc(C(C)C)ccc21. The number of aromatic nitrogens is 1. The number of ether oxygens (including phenoxy) is 1. The number of aryl methyl sites for hydroxylation is 1. The van der Waals surface area contributed by atoms with E-state index in [-0.39, 0.29) is 12.5 Å². The fourth-order valence-electron chi connectivity index (χ4n) is 2.64. The molecule has 3 rings (SSSR count). The van der Waals surface area contributed by atoms with Gasteiger partial charge in [0, 0.05) is 6.54 Å². The van der Waals surface area contributed by atoms with Gasteiger partial charge in [-0.05, 0) is 42.7 Å². The lowest BCUT2D eigenvalue weighted by Crippen LogP contribution is -2.18. The zero-order chi connectivity index (χ0) is 17.8. The van der Waals surface area contributed by atoms with Crippen molar-refractivity contribution in [2.24, 2.45) is 4.99 Å². The molecule has 0 spiro atoms. The molecular formula is C20H22N2O2S. The summed E-state index contributed by atoms with van der Waals surface area (Å²) in [4.78, 5) is 17.2. The molecule has 0 N–H and O–H groups in total. The Morgan fingerprint density at radius 1 is 1.20 bits per heavy atom. The van der Waals surface area contributed by atoms with Crippen molar-refractivity contribution in [3.8, 4) is 5.75 Å². The molecule has 1 amide bonds. The number of benzene rings is 2. The fraction of sp³-hybridized carbons (Fsp3) is 0.300. The lowest BCUT2D eigenvalue weighted by molar-refractivity contribution is -0.120. The molecule has 1 aromatic heterocycles. The third-order valence-electron chi connectivity index (χ3n) is 4.02. The number of rotatable bonds is 5. The number of nitrogens with zero attached hydrogens (tertiary/aromatic N) is 2. The molecule has 130 valence electrons. The van der Waals surface area contributed by atoms with Crippen molar-refractivity contribution in [1.29, 1.82) is 0 Å². The second kappa shape index (κ2) is 7.66. The summed E-state index contributed by atoms with van der Waals surface area (Å²) < 4.78 is 8.72. The Morgan fingerprint density at radius 2 is 1.96 bits per heavy atom. The van der Waals surface area contributed by atoms with Crippen LogP contribution in [0.4, 0.5) is 0 Å². The first kappa shape index (κ1) is 17.4. The first-order valence-corrected chi connectivity index (χ1v) is 9.29. The lowest BCUT2D eigenvalue weighted by Gasteiger charge is -2.05. The Morgan fingerprint density at radius 3 is 2.64 bits per heavy atom. The smallest absolute Gasteiger partial charge is 0.286 e. The minimum atomic E-state index is -0.276. The average molecular weight is 354 g/mol. The summed E-state index contributed by atoms with van der Waals surface area (Å²) in [5.41, 5.74) is 2.41. The minimum absolute atomic E-state index is 0.0563. The Hall–Kier alpha value is -2.40. The fourth-order valence-corrected chi connectivity index (χ4v) is 3.80. The van der Waals surface area contributed by atoms with Crippen LogP contribution in [-0.4, -0.2) is 17.1 Å². The first-order valence-electron chi connectivity index (χ1n) is 8.47. The molecule has 0 aliphatic carbocycles. The molecule has 0 radical (unpaired) electrons. The first-order chi connectivity index (χ1) is 12.1. The van der Waals surface area contributed by atoms with Crippen molar-refractivity contribution < 1.29 is 9.53 Å². The maximum Gasteiger partial charge on any atom is 0.286 e. The maximum atomic E-state index is 12.2. The van der Waals surface area contributed by atoms with Gasteiger partial charge in [-0.25, -0.2) is 0 Å². The van der Waals surface area contributed by atoms with Gasteiger partial charge in [-0.2, -0.15) is 4.99 Å². The van der Waals surface area contributed by atoms with E-state index in [4.69, 9.17) is 4.74 Å². The van der Waals surface area contributed by atoms with E-state index in [9.17, 15) is 4.79 Å². The van der Waals surface area contributed by atoms with Crippen molar-refractivity contribution >= 4 is 27.5 Å². The van der Waals surface area contributed by atoms with Gasteiger partial charge in [-0.1, -0.05) is 49.4 Å². The molecule has 0 saturated carbocycles. The summed E-state index contributed by atoms with van der Waals surface area (Å²) in [5, 5.41) is 0. The van der Waals surface area contributed by atoms with Crippen LogP contribution in [-0.2, 0) is 11.3 Å². The molecule has 0 aliphatic rings. The summed E-state index contributed by atoms with van der Waals surface area (Å²) in [6.45, 7) is 7.13. The Balaban J connectivity index is 1.88. The standard InChI is InChI=1S/C20H22N2O2S/c1-4-22-17-11-10-15(14(2)3)12-18(17)25-20(22)21-19(23)13-24-16-8-6-5-7-9-16/h5-12,14H,4,13H2,1-3H3. The Bertz CT molecular complexity index is 939. The van der Waals surface area contributed by atoms with Gasteiger partial charge in [0.25, 0.3) is 5.91 Å². The van der Waals surface area contributed by atoms with Crippen LogP contribution in [0.15, 0.2) is 53.5 Å². The lowest BCUT2D eigenvalue weighted by atomic mass is 10.0.